The third-order valence-corrected chi connectivity index (χ3v) is 4.61. The third kappa shape index (κ3) is 2.45. The van der Waals surface area contributed by atoms with Gasteiger partial charge < -0.3 is 10.6 Å². The Morgan fingerprint density at radius 2 is 2.00 bits per heavy atom. The zero-order chi connectivity index (χ0) is 12.6. The fraction of sp³-hybridized carbons (Fsp3) is 0.625. The van der Waals surface area contributed by atoms with Crippen LogP contribution in [0, 0.1) is 5.41 Å². The van der Waals surface area contributed by atoms with Gasteiger partial charge in [0.25, 0.3) is 0 Å². The van der Waals surface area contributed by atoms with Crippen molar-refractivity contribution in [3.63, 3.8) is 0 Å². The summed E-state index contributed by atoms with van der Waals surface area (Å²) in [7, 11) is 2.23. The first kappa shape index (κ1) is 12.2. The van der Waals surface area contributed by atoms with Crippen molar-refractivity contribution in [2.45, 2.75) is 38.6 Å². The minimum Gasteiger partial charge on any atom is -0.330 e. The number of rotatable bonds is 5. The van der Waals surface area contributed by atoms with E-state index in [1.165, 1.54) is 37.7 Å². The average Bonchev–Trinajstić information content (AvgIpc) is 2.97. The highest BCUT2D eigenvalue weighted by atomic mass is 15.1. The number of hydrogen-bond acceptors (Lipinski definition) is 2. The standard InChI is InChI=1S/C16H24N2/c1-18(12-16(11-17)7-8-16)10-13-5-6-14-3-2-4-15(14)9-13/h5-6,9H,2-4,7-8,10-12,17H2,1H3. The van der Waals surface area contributed by atoms with E-state index in [9.17, 15) is 0 Å². The van der Waals surface area contributed by atoms with Crippen LogP contribution in [-0.2, 0) is 19.4 Å². The van der Waals surface area contributed by atoms with Gasteiger partial charge in [0.1, 0.15) is 0 Å². The number of hydrogen-bond donors (Lipinski definition) is 1. The molecule has 2 heteroatoms. The maximum Gasteiger partial charge on any atom is 0.0231 e. The summed E-state index contributed by atoms with van der Waals surface area (Å²) in [6.45, 7) is 3.07. The maximum absolute atomic E-state index is 5.86. The summed E-state index contributed by atoms with van der Waals surface area (Å²) in [6, 6.07) is 7.06. The van der Waals surface area contributed by atoms with Crippen LogP contribution in [0.2, 0.25) is 0 Å². The molecule has 0 radical (unpaired) electrons. The lowest BCUT2D eigenvalue weighted by Gasteiger charge is -2.22. The van der Waals surface area contributed by atoms with Crippen molar-refractivity contribution in [2.75, 3.05) is 20.1 Å². The predicted molar refractivity (Wildman–Crippen MR) is 75.5 cm³/mol. The first-order valence-electron chi connectivity index (χ1n) is 7.20. The Bertz CT molecular complexity index is 435. The molecule has 0 spiro atoms. The topological polar surface area (TPSA) is 29.3 Å². The first-order valence-corrected chi connectivity index (χ1v) is 7.20. The van der Waals surface area contributed by atoms with Gasteiger partial charge in [-0.3, -0.25) is 0 Å². The van der Waals surface area contributed by atoms with Crippen LogP contribution in [0.25, 0.3) is 0 Å². The smallest absolute Gasteiger partial charge is 0.0231 e. The lowest BCUT2D eigenvalue weighted by Crippen LogP contribution is -2.31. The van der Waals surface area contributed by atoms with Crippen molar-refractivity contribution < 1.29 is 0 Å². The molecule has 18 heavy (non-hydrogen) atoms. The lowest BCUT2D eigenvalue weighted by atomic mass is 10.0. The Morgan fingerprint density at radius 3 is 2.72 bits per heavy atom. The molecule has 1 aromatic carbocycles. The molecule has 0 atom stereocenters. The molecular weight excluding hydrogens is 220 g/mol. The maximum atomic E-state index is 5.86. The molecular formula is C16H24N2. The quantitative estimate of drug-likeness (QED) is 0.861. The molecule has 1 aromatic rings. The van der Waals surface area contributed by atoms with Crippen LogP contribution in [0.4, 0.5) is 0 Å². The van der Waals surface area contributed by atoms with E-state index < -0.39 is 0 Å². The second-order valence-electron chi connectivity index (χ2n) is 6.33. The molecule has 2 aliphatic rings. The highest BCUT2D eigenvalue weighted by molar-refractivity contribution is 5.35. The molecule has 1 fully saturated rings. The molecule has 2 nitrogen and oxygen atoms in total. The number of benzene rings is 1. The van der Waals surface area contributed by atoms with Gasteiger partial charge in [-0.15, -0.1) is 0 Å². The van der Waals surface area contributed by atoms with Crippen molar-refractivity contribution in [3.8, 4) is 0 Å². The van der Waals surface area contributed by atoms with Crippen LogP contribution in [0.1, 0.15) is 36.0 Å². The van der Waals surface area contributed by atoms with Crippen LogP contribution in [0.3, 0.4) is 0 Å². The van der Waals surface area contributed by atoms with Crippen LogP contribution >= 0.6 is 0 Å². The first-order chi connectivity index (χ1) is 8.71. The van der Waals surface area contributed by atoms with E-state index in [4.69, 9.17) is 5.73 Å². The minimum absolute atomic E-state index is 0.450. The zero-order valence-electron chi connectivity index (χ0n) is 11.4. The summed E-state index contributed by atoms with van der Waals surface area (Å²) in [6.07, 6.45) is 6.53. The molecule has 98 valence electrons. The molecule has 0 heterocycles. The fourth-order valence-corrected chi connectivity index (χ4v) is 3.27. The summed E-state index contributed by atoms with van der Waals surface area (Å²) in [4.78, 5) is 2.44. The average molecular weight is 244 g/mol. The van der Waals surface area contributed by atoms with Gasteiger partial charge in [-0.1, -0.05) is 18.2 Å². The molecule has 0 saturated heterocycles. The van der Waals surface area contributed by atoms with E-state index in [-0.39, 0.29) is 0 Å². The van der Waals surface area contributed by atoms with E-state index in [1.807, 2.05) is 0 Å². The van der Waals surface area contributed by atoms with Gasteiger partial charge in [0, 0.05) is 13.1 Å². The highest BCUT2D eigenvalue weighted by Gasteiger charge is 2.41. The fourth-order valence-electron chi connectivity index (χ4n) is 3.27. The predicted octanol–water partition coefficient (Wildman–Crippen LogP) is 2.35. The van der Waals surface area contributed by atoms with Gasteiger partial charge in [-0.05, 0) is 67.8 Å². The molecule has 1 saturated carbocycles. The van der Waals surface area contributed by atoms with Crippen molar-refractivity contribution >= 4 is 0 Å². The van der Waals surface area contributed by atoms with Crippen molar-refractivity contribution in [1.29, 1.82) is 0 Å². The van der Waals surface area contributed by atoms with E-state index >= 15 is 0 Å². The van der Waals surface area contributed by atoms with Crippen LogP contribution in [0.15, 0.2) is 18.2 Å². The third-order valence-electron chi connectivity index (χ3n) is 4.61. The molecule has 0 unspecified atom stereocenters. The van der Waals surface area contributed by atoms with E-state index in [0.717, 1.165) is 19.6 Å². The molecule has 3 rings (SSSR count). The lowest BCUT2D eigenvalue weighted by molar-refractivity contribution is 0.259. The Kier molecular flexibility index (Phi) is 3.16. The van der Waals surface area contributed by atoms with Gasteiger partial charge in [0.05, 0.1) is 0 Å². The van der Waals surface area contributed by atoms with Crippen LogP contribution in [0.5, 0.6) is 0 Å². The van der Waals surface area contributed by atoms with E-state index in [0.29, 0.717) is 5.41 Å². The molecule has 0 amide bonds. The summed E-state index contributed by atoms with van der Waals surface area (Å²) in [5.41, 5.74) is 10.9. The second-order valence-corrected chi connectivity index (χ2v) is 6.33. The van der Waals surface area contributed by atoms with E-state index in [1.54, 1.807) is 11.1 Å². The normalized spacial score (nSPS) is 20.2. The number of aryl methyl sites for hydroxylation is 2. The Hall–Kier alpha value is -0.860. The van der Waals surface area contributed by atoms with Gasteiger partial charge in [0.2, 0.25) is 0 Å². The summed E-state index contributed by atoms with van der Waals surface area (Å²) in [5, 5.41) is 0. The SMILES string of the molecule is CN(Cc1ccc2c(c1)CCC2)CC1(CN)CC1. The Balaban J connectivity index is 1.62. The molecule has 0 aliphatic heterocycles. The Labute approximate surface area is 110 Å². The summed E-state index contributed by atoms with van der Waals surface area (Å²) < 4.78 is 0. The summed E-state index contributed by atoms with van der Waals surface area (Å²) in [5.74, 6) is 0. The van der Waals surface area contributed by atoms with Gasteiger partial charge in [0.15, 0.2) is 0 Å². The highest BCUT2D eigenvalue weighted by Crippen LogP contribution is 2.45. The minimum atomic E-state index is 0.450. The van der Waals surface area contributed by atoms with E-state index in [2.05, 4.69) is 30.1 Å². The largest absolute Gasteiger partial charge is 0.330 e. The van der Waals surface area contributed by atoms with Gasteiger partial charge >= 0.3 is 0 Å². The van der Waals surface area contributed by atoms with Crippen molar-refractivity contribution in [2.24, 2.45) is 11.1 Å². The number of fused-ring (bicyclic) bond motifs is 1. The zero-order valence-corrected chi connectivity index (χ0v) is 11.4. The molecule has 0 bridgehead atoms. The van der Waals surface area contributed by atoms with Crippen LogP contribution in [-0.4, -0.2) is 25.0 Å². The summed E-state index contributed by atoms with van der Waals surface area (Å²) >= 11 is 0. The van der Waals surface area contributed by atoms with Gasteiger partial charge in [-0.25, -0.2) is 0 Å². The number of nitrogens with zero attached hydrogens (tertiary/aromatic N) is 1. The second kappa shape index (κ2) is 4.67. The molecule has 2 N–H and O–H groups in total. The van der Waals surface area contributed by atoms with Crippen molar-refractivity contribution in [1.82, 2.24) is 4.90 Å². The molecule has 2 aliphatic carbocycles. The van der Waals surface area contributed by atoms with Crippen LogP contribution < -0.4 is 5.73 Å². The molecule has 0 aromatic heterocycles. The monoisotopic (exact) mass is 244 g/mol. The number of nitrogens with two attached hydrogens (primary N) is 1. The Morgan fingerprint density at radius 1 is 1.22 bits per heavy atom. The van der Waals surface area contributed by atoms with Crippen molar-refractivity contribution in [3.05, 3.63) is 34.9 Å². The van der Waals surface area contributed by atoms with Gasteiger partial charge in [-0.2, -0.15) is 0 Å².